The van der Waals surface area contributed by atoms with Gasteiger partial charge in [-0.3, -0.25) is 9.89 Å². The maximum atomic E-state index is 14.1. The number of hydrogen-bond acceptors (Lipinski definition) is 5. The summed E-state index contributed by atoms with van der Waals surface area (Å²) in [6.07, 6.45) is 1.46. The summed E-state index contributed by atoms with van der Waals surface area (Å²) in [6.45, 7) is 0. The Morgan fingerprint density at radius 3 is 2.67 bits per heavy atom. The normalized spacial score (nSPS) is 11.1. The first-order valence-corrected chi connectivity index (χ1v) is 10.9. The molecule has 0 aliphatic carbocycles. The number of benzene rings is 3. The number of H-pyrrole nitrogens is 2. The maximum absolute atomic E-state index is 14.1. The second-order valence-electron chi connectivity index (χ2n) is 7.17. The van der Waals surface area contributed by atoms with E-state index in [0.717, 1.165) is 28.9 Å². The fourth-order valence-electron chi connectivity index (χ4n) is 3.27. The van der Waals surface area contributed by atoms with Crippen molar-refractivity contribution in [1.29, 1.82) is 0 Å². The van der Waals surface area contributed by atoms with Gasteiger partial charge in [0.05, 0.1) is 16.6 Å². The highest BCUT2D eigenvalue weighted by Gasteiger charge is 2.13. The van der Waals surface area contributed by atoms with Crippen LogP contribution in [-0.2, 0) is 5.75 Å². The standard InChI is InChI=1S/C23H16F2N6OS/c24-15-5-7-18(25)17(9-15)21-29-19-8-6-16(10-20(19)30-21)28-22(32)14-3-1-13(2-4-14)11-33-23-26-12-27-31-23/h1-10,12H,11H2,(H,28,32)(H,29,30)(H,26,27,31). The van der Waals surface area contributed by atoms with Gasteiger partial charge in [-0.2, -0.15) is 5.10 Å². The summed E-state index contributed by atoms with van der Waals surface area (Å²) in [7, 11) is 0. The largest absolute Gasteiger partial charge is 0.338 e. The molecule has 0 radical (unpaired) electrons. The Bertz CT molecular complexity index is 1430. The number of imidazole rings is 1. The van der Waals surface area contributed by atoms with Crippen molar-refractivity contribution >= 4 is 34.4 Å². The molecular formula is C23H16F2N6OS. The van der Waals surface area contributed by atoms with Crippen molar-refractivity contribution in [3.63, 3.8) is 0 Å². The number of carbonyl (C=O) groups is 1. The topological polar surface area (TPSA) is 99.3 Å². The zero-order chi connectivity index (χ0) is 22.8. The van der Waals surface area contributed by atoms with Gasteiger partial charge in [0.2, 0.25) is 0 Å². The lowest BCUT2D eigenvalue weighted by atomic mass is 10.1. The highest BCUT2D eigenvalue weighted by Crippen LogP contribution is 2.26. The number of anilines is 1. The molecule has 0 fully saturated rings. The first-order chi connectivity index (χ1) is 16.0. The number of rotatable bonds is 6. The molecule has 1 amide bonds. The van der Waals surface area contributed by atoms with Gasteiger partial charge in [0.1, 0.15) is 23.8 Å². The second-order valence-corrected chi connectivity index (χ2v) is 8.14. The summed E-state index contributed by atoms with van der Waals surface area (Å²) >= 11 is 1.52. The average molecular weight is 462 g/mol. The zero-order valence-corrected chi connectivity index (χ0v) is 17.8. The number of carbonyl (C=O) groups excluding carboxylic acids is 1. The van der Waals surface area contributed by atoms with Crippen molar-refractivity contribution in [2.24, 2.45) is 0 Å². The molecule has 2 aromatic heterocycles. The summed E-state index contributed by atoms with van der Waals surface area (Å²) in [5.74, 6) is -0.486. The quantitative estimate of drug-likeness (QED) is 0.302. The molecule has 0 aliphatic rings. The van der Waals surface area contributed by atoms with E-state index in [1.165, 1.54) is 18.1 Å². The molecule has 0 unspecified atom stereocenters. The number of nitrogens with zero attached hydrogens (tertiary/aromatic N) is 3. The van der Waals surface area contributed by atoms with E-state index >= 15 is 0 Å². The van der Waals surface area contributed by atoms with E-state index < -0.39 is 11.6 Å². The average Bonchev–Trinajstić information content (AvgIpc) is 3.49. The molecule has 7 nitrogen and oxygen atoms in total. The maximum Gasteiger partial charge on any atom is 0.255 e. The Morgan fingerprint density at radius 2 is 1.88 bits per heavy atom. The third-order valence-corrected chi connectivity index (χ3v) is 5.86. The van der Waals surface area contributed by atoms with Crippen LogP contribution in [0.15, 0.2) is 72.1 Å². The molecule has 164 valence electrons. The van der Waals surface area contributed by atoms with Crippen LogP contribution < -0.4 is 5.32 Å². The fraction of sp³-hybridized carbons (Fsp3) is 0.0435. The van der Waals surface area contributed by atoms with E-state index in [9.17, 15) is 13.6 Å². The van der Waals surface area contributed by atoms with E-state index in [-0.39, 0.29) is 17.3 Å². The van der Waals surface area contributed by atoms with Crippen LogP contribution in [0.1, 0.15) is 15.9 Å². The van der Waals surface area contributed by atoms with Crippen molar-refractivity contribution in [1.82, 2.24) is 25.1 Å². The van der Waals surface area contributed by atoms with E-state index in [0.29, 0.717) is 28.0 Å². The van der Waals surface area contributed by atoms with Gasteiger partial charge in [-0.1, -0.05) is 23.9 Å². The first-order valence-electron chi connectivity index (χ1n) is 9.89. The Morgan fingerprint density at radius 1 is 1.03 bits per heavy atom. The van der Waals surface area contributed by atoms with Crippen LogP contribution in [0.2, 0.25) is 0 Å². The van der Waals surface area contributed by atoms with E-state index in [4.69, 9.17) is 0 Å². The van der Waals surface area contributed by atoms with Gasteiger partial charge >= 0.3 is 0 Å². The molecule has 0 aliphatic heterocycles. The summed E-state index contributed by atoms with van der Waals surface area (Å²) in [5, 5.41) is 10.2. The molecule has 0 saturated heterocycles. The lowest BCUT2D eigenvalue weighted by Gasteiger charge is -2.06. The minimum atomic E-state index is -0.577. The summed E-state index contributed by atoms with van der Waals surface area (Å²) in [4.78, 5) is 24.0. The minimum Gasteiger partial charge on any atom is -0.338 e. The van der Waals surface area contributed by atoms with Crippen LogP contribution in [0.4, 0.5) is 14.5 Å². The smallest absolute Gasteiger partial charge is 0.255 e. The number of thioether (sulfide) groups is 1. The molecule has 33 heavy (non-hydrogen) atoms. The molecule has 3 aromatic carbocycles. The van der Waals surface area contributed by atoms with Crippen LogP contribution in [0, 0.1) is 11.6 Å². The molecule has 0 saturated carbocycles. The number of hydrogen-bond donors (Lipinski definition) is 3. The highest BCUT2D eigenvalue weighted by molar-refractivity contribution is 7.98. The number of halogens is 2. The molecule has 5 rings (SSSR count). The fourth-order valence-corrected chi connectivity index (χ4v) is 4.00. The molecular weight excluding hydrogens is 446 g/mol. The van der Waals surface area contributed by atoms with Crippen LogP contribution in [0.3, 0.4) is 0 Å². The van der Waals surface area contributed by atoms with Gasteiger partial charge in [-0.25, -0.2) is 18.7 Å². The Labute approximate surface area is 190 Å². The van der Waals surface area contributed by atoms with Crippen LogP contribution >= 0.6 is 11.8 Å². The third-order valence-electron chi connectivity index (χ3n) is 4.91. The third kappa shape index (κ3) is 4.60. The molecule has 5 aromatic rings. The van der Waals surface area contributed by atoms with E-state index in [1.807, 2.05) is 12.1 Å². The highest BCUT2D eigenvalue weighted by atomic mass is 32.2. The number of nitrogens with one attached hydrogen (secondary N) is 3. The number of aromatic amines is 2. The second kappa shape index (κ2) is 8.83. The van der Waals surface area contributed by atoms with E-state index in [1.54, 1.807) is 30.3 Å². The predicted octanol–water partition coefficient (Wildman–Crippen LogP) is 5.17. The SMILES string of the molecule is O=C(Nc1ccc2nc(-c3cc(F)ccc3F)[nH]c2c1)c1ccc(CSc2ncn[nH]2)cc1. The van der Waals surface area contributed by atoms with Gasteiger partial charge in [-0.15, -0.1) is 0 Å². The van der Waals surface area contributed by atoms with Gasteiger partial charge in [0.25, 0.3) is 5.91 Å². The van der Waals surface area contributed by atoms with Crippen molar-refractivity contribution in [3.8, 4) is 11.4 Å². The summed E-state index contributed by atoms with van der Waals surface area (Å²) < 4.78 is 27.6. The number of amides is 1. The number of fused-ring (bicyclic) bond motifs is 1. The zero-order valence-electron chi connectivity index (χ0n) is 17.0. The van der Waals surface area contributed by atoms with Gasteiger partial charge in [0, 0.05) is 17.0 Å². The van der Waals surface area contributed by atoms with Crippen LogP contribution in [0.25, 0.3) is 22.4 Å². The van der Waals surface area contributed by atoms with Crippen LogP contribution in [0.5, 0.6) is 0 Å². The lowest BCUT2D eigenvalue weighted by molar-refractivity contribution is 0.102. The molecule has 0 bridgehead atoms. The molecule has 0 atom stereocenters. The lowest BCUT2D eigenvalue weighted by Crippen LogP contribution is -2.11. The molecule has 0 spiro atoms. The van der Waals surface area contributed by atoms with Crippen molar-refractivity contribution < 1.29 is 13.6 Å². The Hall–Kier alpha value is -4.05. The van der Waals surface area contributed by atoms with Crippen molar-refractivity contribution in [2.45, 2.75) is 10.9 Å². The van der Waals surface area contributed by atoms with Crippen LogP contribution in [-0.4, -0.2) is 31.1 Å². The van der Waals surface area contributed by atoms with Gasteiger partial charge < -0.3 is 10.3 Å². The molecule has 3 N–H and O–H groups in total. The Kier molecular flexibility index (Phi) is 5.57. The minimum absolute atomic E-state index is 0.0401. The summed E-state index contributed by atoms with van der Waals surface area (Å²) in [5.41, 5.74) is 3.30. The predicted molar refractivity (Wildman–Crippen MR) is 122 cm³/mol. The molecule has 2 heterocycles. The summed E-state index contributed by atoms with van der Waals surface area (Å²) in [6, 6.07) is 15.6. The number of aromatic nitrogens is 5. The van der Waals surface area contributed by atoms with E-state index in [2.05, 4.69) is 30.5 Å². The van der Waals surface area contributed by atoms with Gasteiger partial charge in [0.15, 0.2) is 5.16 Å². The Balaban J connectivity index is 1.29. The van der Waals surface area contributed by atoms with Crippen molar-refractivity contribution in [2.75, 3.05) is 5.32 Å². The molecule has 10 heteroatoms. The van der Waals surface area contributed by atoms with Gasteiger partial charge in [-0.05, 0) is 54.1 Å². The monoisotopic (exact) mass is 462 g/mol. The van der Waals surface area contributed by atoms with Crippen molar-refractivity contribution in [3.05, 3.63) is 89.8 Å². The first kappa shape index (κ1) is 20.8.